The number of rotatable bonds is 6. The van der Waals surface area contributed by atoms with E-state index >= 15 is 0 Å². The maximum Gasteiger partial charge on any atom is 0.255 e. The zero-order chi connectivity index (χ0) is 15.9. The summed E-state index contributed by atoms with van der Waals surface area (Å²) in [5.41, 5.74) is 2.35. The summed E-state index contributed by atoms with van der Waals surface area (Å²) in [5.74, 6) is 0.000376. The minimum atomic E-state index is 0.000376. The molecule has 116 valence electrons. The van der Waals surface area contributed by atoms with Crippen LogP contribution in [0.3, 0.4) is 0 Å². The average molecular weight is 362 g/mol. The highest BCUT2D eigenvalue weighted by Crippen LogP contribution is 2.19. The Balaban J connectivity index is 2.09. The third-order valence-electron chi connectivity index (χ3n) is 3.31. The number of nitrogens with zero attached hydrogens (tertiary/aromatic N) is 2. The Bertz CT molecular complexity index is 628. The van der Waals surface area contributed by atoms with Gasteiger partial charge in [0.05, 0.1) is 17.4 Å². The number of amides is 1. The van der Waals surface area contributed by atoms with Crippen LogP contribution in [0.5, 0.6) is 0 Å². The fourth-order valence-corrected chi connectivity index (χ4v) is 2.31. The molecule has 2 aromatic rings. The second-order valence-electron chi connectivity index (χ2n) is 5.17. The van der Waals surface area contributed by atoms with Gasteiger partial charge in [-0.05, 0) is 36.8 Å². The van der Waals surface area contributed by atoms with Crippen molar-refractivity contribution in [1.82, 2.24) is 9.88 Å². The van der Waals surface area contributed by atoms with Gasteiger partial charge in [-0.25, -0.2) is 0 Å². The lowest BCUT2D eigenvalue weighted by molar-refractivity contribution is 0.0793. The van der Waals surface area contributed by atoms with Crippen molar-refractivity contribution in [2.24, 2.45) is 0 Å². The Morgan fingerprint density at radius 2 is 1.95 bits per heavy atom. The Labute approximate surface area is 139 Å². The molecule has 0 fully saturated rings. The summed E-state index contributed by atoms with van der Waals surface area (Å²) in [4.78, 5) is 18.3. The molecule has 1 aromatic carbocycles. The quantitative estimate of drug-likeness (QED) is 0.825. The monoisotopic (exact) mass is 361 g/mol. The zero-order valence-electron chi connectivity index (χ0n) is 12.8. The van der Waals surface area contributed by atoms with Crippen molar-refractivity contribution in [3.63, 3.8) is 0 Å². The molecule has 0 spiro atoms. The van der Waals surface area contributed by atoms with E-state index in [2.05, 4.69) is 33.2 Å². The van der Waals surface area contributed by atoms with Crippen LogP contribution in [0.15, 0.2) is 47.2 Å². The van der Waals surface area contributed by atoms with Gasteiger partial charge in [0.2, 0.25) is 0 Å². The van der Waals surface area contributed by atoms with Crippen molar-refractivity contribution >= 4 is 33.2 Å². The standard InChI is InChI=1S/C17H20BrN3O/c1-3-4-9-21(2)17(22)13-10-16(12-19-11-13)20-15-7-5-14(18)6-8-15/h5-8,10-12,20H,3-4,9H2,1-2H3. The van der Waals surface area contributed by atoms with Gasteiger partial charge in [-0.3, -0.25) is 9.78 Å². The van der Waals surface area contributed by atoms with E-state index in [4.69, 9.17) is 0 Å². The number of halogens is 1. The van der Waals surface area contributed by atoms with Gasteiger partial charge in [0.25, 0.3) is 5.91 Å². The first-order chi connectivity index (χ1) is 10.6. The first-order valence-electron chi connectivity index (χ1n) is 7.33. The third kappa shape index (κ3) is 4.56. The molecule has 4 nitrogen and oxygen atoms in total. The van der Waals surface area contributed by atoms with Crippen LogP contribution >= 0.6 is 15.9 Å². The zero-order valence-corrected chi connectivity index (χ0v) is 14.4. The van der Waals surface area contributed by atoms with Crippen LogP contribution in [-0.4, -0.2) is 29.4 Å². The molecule has 5 heteroatoms. The van der Waals surface area contributed by atoms with E-state index in [-0.39, 0.29) is 5.91 Å². The lowest BCUT2D eigenvalue weighted by Gasteiger charge is -2.17. The maximum atomic E-state index is 12.4. The van der Waals surface area contributed by atoms with Crippen LogP contribution in [0.2, 0.25) is 0 Å². The molecule has 0 saturated carbocycles. The minimum absolute atomic E-state index is 0.000376. The maximum absolute atomic E-state index is 12.4. The first-order valence-corrected chi connectivity index (χ1v) is 8.12. The first kappa shape index (κ1) is 16.5. The number of anilines is 2. The summed E-state index contributed by atoms with van der Waals surface area (Å²) in [6, 6.07) is 9.68. The molecule has 22 heavy (non-hydrogen) atoms. The van der Waals surface area contributed by atoms with Crippen molar-refractivity contribution in [1.29, 1.82) is 0 Å². The van der Waals surface area contributed by atoms with Crippen LogP contribution in [0, 0.1) is 0 Å². The molecular formula is C17H20BrN3O. The molecular weight excluding hydrogens is 342 g/mol. The summed E-state index contributed by atoms with van der Waals surface area (Å²) < 4.78 is 1.03. The van der Waals surface area contributed by atoms with Gasteiger partial charge in [0.1, 0.15) is 0 Å². The number of pyridine rings is 1. The predicted octanol–water partition coefficient (Wildman–Crippen LogP) is 4.46. The molecule has 0 aliphatic heterocycles. The summed E-state index contributed by atoms with van der Waals surface area (Å²) >= 11 is 3.41. The number of aromatic nitrogens is 1. The lowest BCUT2D eigenvalue weighted by Crippen LogP contribution is -2.27. The molecule has 0 saturated heterocycles. The van der Waals surface area contributed by atoms with Crippen LogP contribution in [0.4, 0.5) is 11.4 Å². The SMILES string of the molecule is CCCCN(C)C(=O)c1cncc(Nc2ccc(Br)cc2)c1. The van der Waals surface area contributed by atoms with Crippen molar-refractivity contribution < 1.29 is 4.79 Å². The Morgan fingerprint density at radius 3 is 2.64 bits per heavy atom. The largest absolute Gasteiger partial charge is 0.354 e. The smallest absolute Gasteiger partial charge is 0.255 e. The molecule has 0 atom stereocenters. The molecule has 1 N–H and O–H groups in total. The van der Waals surface area contributed by atoms with Gasteiger partial charge < -0.3 is 10.2 Å². The Kier molecular flexibility index (Phi) is 5.95. The van der Waals surface area contributed by atoms with Gasteiger partial charge in [-0.15, -0.1) is 0 Å². The second-order valence-corrected chi connectivity index (χ2v) is 6.09. The highest BCUT2D eigenvalue weighted by molar-refractivity contribution is 9.10. The molecule has 0 aliphatic carbocycles. The highest BCUT2D eigenvalue weighted by atomic mass is 79.9. The van der Waals surface area contributed by atoms with Crippen molar-refractivity contribution in [2.75, 3.05) is 18.9 Å². The number of unbranched alkanes of at least 4 members (excludes halogenated alkanes) is 1. The molecule has 0 bridgehead atoms. The van der Waals surface area contributed by atoms with E-state index in [9.17, 15) is 4.79 Å². The van der Waals surface area contributed by atoms with Crippen molar-refractivity contribution in [2.45, 2.75) is 19.8 Å². The van der Waals surface area contributed by atoms with E-state index in [0.29, 0.717) is 5.56 Å². The fourth-order valence-electron chi connectivity index (χ4n) is 2.04. The third-order valence-corrected chi connectivity index (χ3v) is 3.84. The van der Waals surface area contributed by atoms with Crippen molar-refractivity contribution in [3.8, 4) is 0 Å². The summed E-state index contributed by atoms with van der Waals surface area (Å²) in [6.07, 6.45) is 5.40. The lowest BCUT2D eigenvalue weighted by atomic mass is 10.2. The summed E-state index contributed by atoms with van der Waals surface area (Å²) in [5, 5.41) is 3.25. The Morgan fingerprint density at radius 1 is 1.23 bits per heavy atom. The van der Waals surface area contributed by atoms with Crippen molar-refractivity contribution in [3.05, 3.63) is 52.8 Å². The van der Waals surface area contributed by atoms with Gasteiger partial charge in [-0.2, -0.15) is 0 Å². The summed E-state index contributed by atoms with van der Waals surface area (Å²) in [7, 11) is 1.83. The van der Waals surface area contributed by atoms with Crippen LogP contribution in [0.1, 0.15) is 30.1 Å². The van der Waals surface area contributed by atoms with Crippen LogP contribution in [-0.2, 0) is 0 Å². The molecule has 1 aromatic heterocycles. The molecule has 1 amide bonds. The Hall–Kier alpha value is -1.88. The normalized spacial score (nSPS) is 10.3. The minimum Gasteiger partial charge on any atom is -0.354 e. The molecule has 1 heterocycles. The number of hydrogen-bond donors (Lipinski definition) is 1. The van der Waals surface area contributed by atoms with Gasteiger partial charge in [-0.1, -0.05) is 29.3 Å². The van der Waals surface area contributed by atoms with E-state index in [1.807, 2.05) is 37.4 Å². The number of nitrogens with one attached hydrogen (secondary N) is 1. The molecule has 0 radical (unpaired) electrons. The van der Waals surface area contributed by atoms with Gasteiger partial charge in [0.15, 0.2) is 0 Å². The molecule has 0 aliphatic rings. The van der Waals surface area contributed by atoms with E-state index in [0.717, 1.165) is 35.2 Å². The predicted molar refractivity (Wildman–Crippen MR) is 93.5 cm³/mol. The second kappa shape index (κ2) is 7.94. The van der Waals surface area contributed by atoms with E-state index < -0.39 is 0 Å². The molecule has 2 rings (SSSR count). The number of carbonyl (C=O) groups excluding carboxylic acids is 1. The number of carbonyl (C=O) groups is 1. The van der Waals surface area contributed by atoms with Gasteiger partial charge in [0, 0.05) is 29.9 Å². The van der Waals surface area contributed by atoms with Crippen LogP contribution in [0.25, 0.3) is 0 Å². The summed E-state index contributed by atoms with van der Waals surface area (Å²) in [6.45, 7) is 2.88. The van der Waals surface area contributed by atoms with E-state index in [1.165, 1.54) is 0 Å². The topological polar surface area (TPSA) is 45.2 Å². The van der Waals surface area contributed by atoms with E-state index in [1.54, 1.807) is 17.3 Å². The van der Waals surface area contributed by atoms with Gasteiger partial charge >= 0.3 is 0 Å². The van der Waals surface area contributed by atoms with Crippen LogP contribution < -0.4 is 5.32 Å². The average Bonchev–Trinajstić information content (AvgIpc) is 2.54. The number of hydrogen-bond acceptors (Lipinski definition) is 3. The highest BCUT2D eigenvalue weighted by Gasteiger charge is 2.12. The molecule has 0 unspecified atom stereocenters. The number of benzene rings is 1. The fraction of sp³-hybridized carbons (Fsp3) is 0.294.